The van der Waals surface area contributed by atoms with E-state index in [4.69, 9.17) is 14.9 Å². The first-order chi connectivity index (χ1) is 11.6. The molecule has 0 bridgehead atoms. The number of ether oxygens (including phenoxy) is 1. The summed E-state index contributed by atoms with van der Waals surface area (Å²) in [7, 11) is 0. The highest BCUT2D eigenvalue weighted by Gasteiger charge is 2.21. The predicted octanol–water partition coefficient (Wildman–Crippen LogP) is 3.03. The van der Waals surface area contributed by atoms with E-state index < -0.39 is 6.10 Å². The molecule has 0 aliphatic carbocycles. The van der Waals surface area contributed by atoms with Crippen molar-refractivity contribution in [2.75, 3.05) is 5.73 Å². The number of anilines is 1. The van der Waals surface area contributed by atoms with E-state index in [1.165, 1.54) is 0 Å². The van der Waals surface area contributed by atoms with Crippen molar-refractivity contribution in [3.63, 3.8) is 0 Å². The number of hydrogen-bond acceptors (Lipinski definition) is 7. The van der Waals surface area contributed by atoms with Crippen molar-refractivity contribution < 1.29 is 9.15 Å². The van der Waals surface area contributed by atoms with E-state index in [2.05, 4.69) is 21.0 Å². The lowest BCUT2D eigenvalue weighted by atomic mass is 10.2. The molecule has 0 aliphatic heterocycles. The topological polar surface area (TPSA) is 111 Å². The molecule has 7 nitrogen and oxygen atoms in total. The van der Waals surface area contributed by atoms with Crippen LogP contribution in [0.15, 0.2) is 40.9 Å². The molecule has 0 radical (unpaired) electrons. The molecule has 1 unspecified atom stereocenters. The summed E-state index contributed by atoms with van der Waals surface area (Å²) in [5, 5.41) is 9.53. The Kier molecular flexibility index (Phi) is 4.12. The predicted molar refractivity (Wildman–Crippen MR) is 86.9 cm³/mol. The Labute approximate surface area is 138 Å². The third-order valence-electron chi connectivity index (χ3n) is 3.37. The molecule has 3 heterocycles. The average Bonchev–Trinajstić information content (AvgIpc) is 3.01. The molecule has 120 valence electrons. The normalized spacial score (nSPS) is 11.7. The third kappa shape index (κ3) is 3.03. The molecule has 0 aliphatic rings. The van der Waals surface area contributed by atoms with E-state index in [1.54, 1.807) is 25.3 Å². The van der Waals surface area contributed by atoms with Crippen LogP contribution < -0.4 is 10.5 Å². The van der Waals surface area contributed by atoms with Gasteiger partial charge in [0, 0.05) is 6.20 Å². The van der Waals surface area contributed by atoms with E-state index in [0.717, 1.165) is 0 Å². The van der Waals surface area contributed by atoms with Gasteiger partial charge in [-0.2, -0.15) is 10.2 Å². The quantitative estimate of drug-likeness (QED) is 0.786. The number of nitriles is 1. The van der Waals surface area contributed by atoms with Crippen molar-refractivity contribution in [3.8, 4) is 23.4 Å². The summed E-state index contributed by atoms with van der Waals surface area (Å²) >= 11 is 0. The van der Waals surface area contributed by atoms with Crippen LogP contribution in [-0.4, -0.2) is 15.0 Å². The van der Waals surface area contributed by atoms with Gasteiger partial charge in [-0.05, 0) is 38.1 Å². The fourth-order valence-electron chi connectivity index (χ4n) is 2.23. The zero-order chi connectivity index (χ0) is 17.1. The Morgan fingerprint density at radius 1 is 1.25 bits per heavy atom. The van der Waals surface area contributed by atoms with Crippen LogP contribution in [0, 0.1) is 18.3 Å². The second-order valence-corrected chi connectivity index (χ2v) is 5.15. The number of nitrogen functional groups attached to an aromatic ring is 1. The second-order valence-electron chi connectivity index (χ2n) is 5.15. The zero-order valence-corrected chi connectivity index (χ0v) is 13.2. The Morgan fingerprint density at radius 3 is 2.71 bits per heavy atom. The number of aromatic nitrogens is 3. The van der Waals surface area contributed by atoms with Crippen LogP contribution >= 0.6 is 0 Å². The van der Waals surface area contributed by atoms with Gasteiger partial charge < -0.3 is 14.9 Å². The second kappa shape index (κ2) is 6.38. The lowest BCUT2D eigenvalue weighted by Crippen LogP contribution is -2.10. The molecule has 0 saturated carbocycles. The molecule has 7 heteroatoms. The highest BCUT2D eigenvalue weighted by atomic mass is 16.5. The van der Waals surface area contributed by atoms with Gasteiger partial charge in [-0.25, -0.2) is 4.98 Å². The van der Waals surface area contributed by atoms with Gasteiger partial charge in [0.25, 0.3) is 0 Å². The van der Waals surface area contributed by atoms with Crippen molar-refractivity contribution in [3.05, 3.63) is 53.5 Å². The van der Waals surface area contributed by atoms with Crippen LogP contribution in [0.4, 0.5) is 5.95 Å². The van der Waals surface area contributed by atoms with Gasteiger partial charge in [0.15, 0.2) is 5.76 Å². The number of furan rings is 1. The highest BCUT2D eigenvalue weighted by Crippen LogP contribution is 2.31. The lowest BCUT2D eigenvalue weighted by molar-refractivity contribution is 0.212. The van der Waals surface area contributed by atoms with Gasteiger partial charge in [0.1, 0.15) is 29.2 Å². The van der Waals surface area contributed by atoms with E-state index >= 15 is 0 Å². The summed E-state index contributed by atoms with van der Waals surface area (Å²) in [6.45, 7) is 3.62. The Morgan fingerprint density at radius 2 is 2.08 bits per heavy atom. The van der Waals surface area contributed by atoms with Crippen LogP contribution in [0.25, 0.3) is 11.5 Å². The highest BCUT2D eigenvalue weighted by molar-refractivity contribution is 5.66. The van der Waals surface area contributed by atoms with Gasteiger partial charge in [0.05, 0.1) is 5.69 Å². The molecule has 0 spiro atoms. The molecule has 24 heavy (non-hydrogen) atoms. The molecule has 1 atom stereocenters. The minimum Gasteiger partial charge on any atom is -0.467 e. The number of aryl methyl sites for hydroxylation is 1. The maximum atomic E-state index is 9.53. The van der Waals surface area contributed by atoms with Gasteiger partial charge >= 0.3 is 0 Å². The molecule has 3 aromatic rings. The molecule has 3 rings (SSSR count). The minimum atomic E-state index is -0.404. The third-order valence-corrected chi connectivity index (χ3v) is 3.37. The van der Waals surface area contributed by atoms with Gasteiger partial charge in [-0.3, -0.25) is 4.98 Å². The number of nitrogens with two attached hydrogens (primary N) is 1. The molecule has 0 amide bonds. The Bertz CT molecular complexity index is 899. The largest absolute Gasteiger partial charge is 0.467 e. The summed E-state index contributed by atoms with van der Waals surface area (Å²) in [5.74, 6) is 1.25. The Balaban J connectivity index is 2.02. The lowest BCUT2D eigenvalue weighted by Gasteiger charge is -2.15. The molecule has 2 N–H and O–H groups in total. The summed E-state index contributed by atoms with van der Waals surface area (Å²) in [6.07, 6.45) is 1.27. The summed E-state index contributed by atoms with van der Waals surface area (Å²) in [6, 6.07) is 11.1. The average molecular weight is 321 g/mol. The maximum absolute atomic E-state index is 9.53. The molecule has 0 aromatic carbocycles. The number of rotatable bonds is 4. The van der Waals surface area contributed by atoms with Crippen LogP contribution in [0.3, 0.4) is 0 Å². The number of nitrogens with zero attached hydrogens (tertiary/aromatic N) is 4. The van der Waals surface area contributed by atoms with Gasteiger partial charge in [-0.1, -0.05) is 6.07 Å². The summed E-state index contributed by atoms with van der Waals surface area (Å²) in [5.41, 5.74) is 6.96. The van der Waals surface area contributed by atoms with Gasteiger partial charge in [0.2, 0.25) is 11.8 Å². The number of pyridine rings is 1. The smallest absolute Gasteiger partial charge is 0.238 e. The van der Waals surface area contributed by atoms with Crippen molar-refractivity contribution in [1.82, 2.24) is 15.0 Å². The standard InChI is InChI=1S/C17H15N5O2/c1-10-6-7-14(23-10)15-12(9-18)16(22-17(19)21-15)24-11(2)13-5-3-4-8-20-13/h3-8,11H,1-2H3,(H2,19,21,22). The first-order valence-corrected chi connectivity index (χ1v) is 7.30. The van der Waals surface area contributed by atoms with Crippen molar-refractivity contribution >= 4 is 5.95 Å². The zero-order valence-electron chi connectivity index (χ0n) is 13.2. The maximum Gasteiger partial charge on any atom is 0.238 e. The number of hydrogen-bond donors (Lipinski definition) is 1. The van der Waals surface area contributed by atoms with Crippen LogP contribution in [-0.2, 0) is 0 Å². The van der Waals surface area contributed by atoms with Crippen molar-refractivity contribution in [2.24, 2.45) is 0 Å². The van der Waals surface area contributed by atoms with Gasteiger partial charge in [-0.15, -0.1) is 0 Å². The fourth-order valence-corrected chi connectivity index (χ4v) is 2.23. The van der Waals surface area contributed by atoms with Crippen LogP contribution in [0.1, 0.15) is 30.0 Å². The summed E-state index contributed by atoms with van der Waals surface area (Å²) in [4.78, 5) is 12.4. The molecule has 3 aromatic heterocycles. The monoisotopic (exact) mass is 321 g/mol. The van der Waals surface area contributed by atoms with E-state index in [1.807, 2.05) is 25.1 Å². The first kappa shape index (κ1) is 15.5. The first-order valence-electron chi connectivity index (χ1n) is 7.30. The van der Waals surface area contributed by atoms with E-state index in [9.17, 15) is 5.26 Å². The molecule has 0 saturated heterocycles. The van der Waals surface area contributed by atoms with E-state index in [-0.39, 0.29) is 17.4 Å². The fraction of sp³-hybridized carbons (Fsp3) is 0.176. The SMILES string of the molecule is Cc1ccc(-c2nc(N)nc(OC(C)c3ccccn3)c2C#N)o1. The molecule has 0 fully saturated rings. The van der Waals surface area contributed by atoms with E-state index in [0.29, 0.717) is 22.9 Å². The summed E-state index contributed by atoms with van der Waals surface area (Å²) < 4.78 is 11.4. The molecular weight excluding hydrogens is 306 g/mol. The van der Waals surface area contributed by atoms with Crippen LogP contribution in [0.5, 0.6) is 5.88 Å². The Hall–Kier alpha value is -3.40. The van der Waals surface area contributed by atoms with Crippen molar-refractivity contribution in [2.45, 2.75) is 20.0 Å². The minimum absolute atomic E-state index is 0.00118. The van der Waals surface area contributed by atoms with Crippen molar-refractivity contribution in [1.29, 1.82) is 5.26 Å². The molecular formula is C17H15N5O2. The van der Waals surface area contributed by atoms with Crippen LogP contribution in [0.2, 0.25) is 0 Å².